The van der Waals surface area contributed by atoms with Crippen molar-refractivity contribution in [3.05, 3.63) is 18.1 Å². The van der Waals surface area contributed by atoms with Crippen molar-refractivity contribution in [2.45, 2.75) is 32.6 Å². The Labute approximate surface area is 112 Å². The molecular formula is C11H17N2O3PS. The highest BCUT2D eigenvalue weighted by Crippen LogP contribution is 2.49. The summed E-state index contributed by atoms with van der Waals surface area (Å²) in [6, 6.07) is 1.83. The molecule has 0 unspecified atom stereocenters. The molecular weight excluding hydrogens is 271 g/mol. The van der Waals surface area contributed by atoms with Crippen LogP contribution in [0.15, 0.2) is 12.4 Å². The molecule has 0 aromatic carbocycles. The Balaban J connectivity index is 2.10. The molecule has 18 heavy (non-hydrogen) atoms. The maximum Gasteiger partial charge on any atom is 0.381 e. The van der Waals surface area contributed by atoms with E-state index in [9.17, 15) is 0 Å². The van der Waals surface area contributed by atoms with Gasteiger partial charge in [0.25, 0.3) is 0 Å². The minimum Gasteiger partial charge on any atom is -0.406 e. The average molecular weight is 288 g/mol. The van der Waals surface area contributed by atoms with Gasteiger partial charge in [-0.15, -0.1) is 0 Å². The van der Waals surface area contributed by atoms with E-state index in [-0.39, 0.29) is 0 Å². The minimum absolute atomic E-state index is 0.442. The molecule has 0 bridgehead atoms. The van der Waals surface area contributed by atoms with Crippen molar-refractivity contribution in [2.75, 3.05) is 13.2 Å². The molecule has 1 aromatic rings. The van der Waals surface area contributed by atoms with Crippen molar-refractivity contribution in [1.29, 1.82) is 0 Å². The van der Waals surface area contributed by atoms with Gasteiger partial charge in [0.15, 0.2) is 0 Å². The number of aromatic nitrogens is 2. The number of nitrogens with zero attached hydrogens (tertiary/aromatic N) is 2. The van der Waals surface area contributed by atoms with Gasteiger partial charge in [0.1, 0.15) is 6.33 Å². The Bertz CT molecular complexity index is 444. The zero-order chi connectivity index (χ0) is 13.0. The fourth-order valence-corrected chi connectivity index (χ4v) is 3.53. The summed E-state index contributed by atoms with van der Waals surface area (Å²) < 4.78 is 16.5. The lowest BCUT2D eigenvalue weighted by Gasteiger charge is -2.20. The van der Waals surface area contributed by atoms with Crippen LogP contribution in [0.5, 0.6) is 5.88 Å². The fraction of sp³-hybridized carbons (Fsp3) is 0.636. The Hall–Kier alpha value is -0.550. The predicted octanol–water partition coefficient (Wildman–Crippen LogP) is 3.03. The van der Waals surface area contributed by atoms with Crippen molar-refractivity contribution in [1.82, 2.24) is 9.97 Å². The molecule has 1 fully saturated rings. The van der Waals surface area contributed by atoms with Gasteiger partial charge in [-0.3, -0.25) is 9.05 Å². The SMILES string of the molecule is CCOP(=S)(OCC)Oc1cc(C2CC2)ncn1. The molecule has 0 spiro atoms. The highest BCUT2D eigenvalue weighted by Gasteiger charge is 2.27. The summed E-state index contributed by atoms with van der Waals surface area (Å²) in [6.45, 7) is 1.90. The average Bonchev–Trinajstić information content (AvgIpc) is 3.13. The molecule has 1 aliphatic carbocycles. The largest absolute Gasteiger partial charge is 0.406 e. The van der Waals surface area contributed by atoms with E-state index in [0.29, 0.717) is 25.0 Å². The van der Waals surface area contributed by atoms with Crippen molar-refractivity contribution >= 4 is 18.5 Å². The lowest BCUT2D eigenvalue weighted by molar-refractivity contribution is 0.216. The third-order valence-electron chi connectivity index (χ3n) is 2.44. The van der Waals surface area contributed by atoms with Gasteiger partial charge in [-0.05, 0) is 26.7 Å². The second-order valence-electron chi connectivity index (χ2n) is 3.93. The summed E-state index contributed by atoms with van der Waals surface area (Å²) in [5.41, 5.74) is 1.01. The first-order chi connectivity index (χ1) is 8.67. The normalized spacial score (nSPS) is 15.7. The standard InChI is InChI=1S/C11H17N2O3PS/c1-3-14-17(18,15-4-2)16-11-7-10(9-5-6-9)12-8-13-11/h7-9H,3-6H2,1-2H3. The van der Waals surface area contributed by atoms with Crippen LogP contribution in [-0.2, 0) is 20.9 Å². The van der Waals surface area contributed by atoms with Crippen LogP contribution >= 0.6 is 6.72 Å². The molecule has 0 aliphatic heterocycles. The van der Waals surface area contributed by atoms with Gasteiger partial charge in [0.05, 0.1) is 18.9 Å². The van der Waals surface area contributed by atoms with Crippen LogP contribution in [0.25, 0.3) is 0 Å². The Morgan fingerprint density at radius 2 is 1.94 bits per heavy atom. The van der Waals surface area contributed by atoms with Gasteiger partial charge in [-0.25, -0.2) is 9.97 Å². The van der Waals surface area contributed by atoms with Gasteiger partial charge < -0.3 is 4.52 Å². The lowest BCUT2D eigenvalue weighted by atomic mass is 10.3. The summed E-state index contributed by atoms with van der Waals surface area (Å²) in [5, 5.41) is 0. The molecule has 0 saturated heterocycles. The van der Waals surface area contributed by atoms with Gasteiger partial charge in [-0.1, -0.05) is 0 Å². The smallest absolute Gasteiger partial charge is 0.381 e. The van der Waals surface area contributed by atoms with E-state index >= 15 is 0 Å². The first kappa shape index (κ1) is 13.9. The summed E-state index contributed by atoms with van der Waals surface area (Å²) in [5.74, 6) is 0.990. The van der Waals surface area contributed by atoms with Crippen molar-refractivity contribution in [3.63, 3.8) is 0 Å². The van der Waals surface area contributed by atoms with Crippen molar-refractivity contribution in [3.8, 4) is 5.88 Å². The first-order valence-corrected chi connectivity index (χ1v) is 8.63. The zero-order valence-corrected chi connectivity index (χ0v) is 12.2. The van der Waals surface area contributed by atoms with E-state index in [1.165, 1.54) is 19.2 Å². The highest BCUT2D eigenvalue weighted by molar-refractivity contribution is 8.07. The summed E-state index contributed by atoms with van der Waals surface area (Å²) in [4.78, 5) is 8.30. The number of hydrogen-bond acceptors (Lipinski definition) is 6. The Morgan fingerprint density at radius 1 is 1.28 bits per heavy atom. The number of hydrogen-bond donors (Lipinski definition) is 0. The molecule has 0 atom stereocenters. The maximum atomic E-state index is 5.63. The van der Waals surface area contributed by atoms with Crippen LogP contribution < -0.4 is 4.52 Å². The van der Waals surface area contributed by atoms with Crippen LogP contribution in [0.3, 0.4) is 0 Å². The molecule has 100 valence electrons. The van der Waals surface area contributed by atoms with Crippen molar-refractivity contribution in [2.24, 2.45) is 0 Å². The molecule has 1 heterocycles. The van der Waals surface area contributed by atoms with E-state index in [4.69, 9.17) is 25.4 Å². The van der Waals surface area contributed by atoms with Gasteiger partial charge in [-0.2, -0.15) is 0 Å². The molecule has 1 saturated carbocycles. The monoisotopic (exact) mass is 288 g/mol. The zero-order valence-electron chi connectivity index (χ0n) is 10.5. The molecule has 0 radical (unpaired) electrons. The minimum atomic E-state index is -2.73. The van der Waals surface area contributed by atoms with Crippen molar-refractivity contribution < 1.29 is 13.6 Å². The van der Waals surface area contributed by atoms with E-state index in [1.807, 2.05) is 19.9 Å². The second kappa shape index (κ2) is 6.06. The first-order valence-electron chi connectivity index (χ1n) is 6.07. The van der Waals surface area contributed by atoms with Gasteiger partial charge >= 0.3 is 6.72 Å². The Morgan fingerprint density at radius 3 is 2.50 bits per heavy atom. The molecule has 7 heteroatoms. The molecule has 2 rings (SSSR count). The van der Waals surface area contributed by atoms with Crippen LogP contribution in [0.1, 0.15) is 38.3 Å². The number of rotatable bonds is 7. The molecule has 0 N–H and O–H groups in total. The van der Waals surface area contributed by atoms with Crippen LogP contribution in [0.4, 0.5) is 0 Å². The van der Waals surface area contributed by atoms with E-state index in [1.54, 1.807) is 0 Å². The van der Waals surface area contributed by atoms with Gasteiger partial charge in [0, 0.05) is 23.8 Å². The third-order valence-corrected chi connectivity index (χ3v) is 4.85. The molecule has 5 nitrogen and oxygen atoms in total. The van der Waals surface area contributed by atoms with Gasteiger partial charge in [0.2, 0.25) is 5.88 Å². The molecule has 0 amide bonds. The Kier molecular flexibility index (Phi) is 4.67. The fourth-order valence-electron chi connectivity index (χ4n) is 1.53. The predicted molar refractivity (Wildman–Crippen MR) is 72.2 cm³/mol. The summed E-state index contributed by atoms with van der Waals surface area (Å²) >= 11 is 5.29. The summed E-state index contributed by atoms with van der Waals surface area (Å²) in [7, 11) is 0. The highest BCUT2D eigenvalue weighted by atomic mass is 32.5. The second-order valence-corrected chi connectivity index (χ2v) is 6.86. The quantitative estimate of drug-likeness (QED) is 0.719. The van der Waals surface area contributed by atoms with E-state index < -0.39 is 6.72 Å². The topological polar surface area (TPSA) is 53.5 Å². The molecule has 1 aliphatic rings. The lowest BCUT2D eigenvalue weighted by Crippen LogP contribution is -2.03. The maximum absolute atomic E-state index is 5.63. The third kappa shape index (κ3) is 3.72. The molecule has 1 aromatic heterocycles. The van der Waals surface area contributed by atoms with Crippen LogP contribution in [0.2, 0.25) is 0 Å². The van der Waals surface area contributed by atoms with Crippen LogP contribution in [0, 0.1) is 0 Å². The summed E-state index contributed by atoms with van der Waals surface area (Å²) in [6.07, 6.45) is 3.86. The van der Waals surface area contributed by atoms with E-state index in [0.717, 1.165) is 5.69 Å². The van der Waals surface area contributed by atoms with E-state index in [2.05, 4.69) is 9.97 Å². The van der Waals surface area contributed by atoms with Crippen LogP contribution in [-0.4, -0.2) is 23.2 Å².